The topological polar surface area (TPSA) is 9.86 Å². The van der Waals surface area contributed by atoms with Crippen molar-refractivity contribution in [1.82, 2.24) is 9.13 Å². The Morgan fingerprint density at radius 2 is 0.851 bits per heavy atom. The summed E-state index contributed by atoms with van der Waals surface area (Å²) in [4.78, 5) is 4.42. The van der Waals surface area contributed by atoms with E-state index in [0.717, 1.165) is 0 Å². The summed E-state index contributed by atoms with van der Waals surface area (Å²) in [6, 6.07) is 48.7. The highest BCUT2D eigenvalue weighted by Gasteiger charge is 2.36. The number of thiophene rings is 2. The third-order valence-electron chi connectivity index (χ3n) is 10.7. The molecule has 0 unspecified atom stereocenters. The average Bonchev–Trinajstić information content (AvgIpc) is 3.85. The number of aromatic nitrogens is 2. The van der Waals surface area contributed by atoms with E-state index in [1.807, 2.05) is 22.7 Å². The molecule has 7 aromatic carbocycles. The van der Waals surface area contributed by atoms with Crippen molar-refractivity contribution in [3.8, 4) is 11.4 Å². The van der Waals surface area contributed by atoms with Crippen molar-refractivity contribution < 1.29 is 0 Å². The maximum absolute atomic E-state index is 2.60. The highest BCUT2D eigenvalue weighted by molar-refractivity contribution is 8.17. The number of rotatable bonds is 0. The molecule has 0 aliphatic carbocycles. The van der Waals surface area contributed by atoms with Gasteiger partial charge in [0, 0.05) is 76.6 Å². The Kier molecular flexibility index (Phi) is 4.15. The van der Waals surface area contributed by atoms with Crippen molar-refractivity contribution in [3.05, 3.63) is 127 Å². The van der Waals surface area contributed by atoms with Gasteiger partial charge in [-0.1, -0.05) is 66.7 Å². The number of hydrogen-bond donors (Lipinski definition) is 1. The predicted octanol–water partition coefficient (Wildman–Crippen LogP) is 12.7. The summed E-state index contributed by atoms with van der Waals surface area (Å²) in [6.07, 6.45) is 0. The molecule has 0 saturated heterocycles. The zero-order chi connectivity index (χ0) is 30.1. The summed E-state index contributed by atoms with van der Waals surface area (Å²) >= 11 is 3.82. The Labute approximate surface area is 278 Å². The van der Waals surface area contributed by atoms with Crippen LogP contribution in [0.5, 0.6) is 0 Å². The molecule has 0 amide bonds. The van der Waals surface area contributed by atoms with E-state index in [0.29, 0.717) is 0 Å². The van der Waals surface area contributed by atoms with E-state index in [1.165, 1.54) is 110 Å². The average molecular weight is 651 g/mol. The highest BCUT2D eigenvalue weighted by atomic mass is 32.2. The molecule has 4 aromatic heterocycles. The van der Waals surface area contributed by atoms with Crippen LogP contribution in [0.2, 0.25) is 0 Å². The number of thiol groups is 1. The van der Waals surface area contributed by atoms with Gasteiger partial charge in [-0.2, -0.15) is 10.9 Å². The molecule has 0 spiro atoms. The van der Waals surface area contributed by atoms with Crippen molar-refractivity contribution in [2.24, 2.45) is 0 Å². The van der Waals surface area contributed by atoms with Crippen LogP contribution in [-0.2, 0) is 0 Å². The summed E-state index contributed by atoms with van der Waals surface area (Å²) in [6.45, 7) is 0. The Morgan fingerprint density at radius 1 is 0.383 bits per heavy atom. The minimum absolute atomic E-state index is 0.750. The first kappa shape index (κ1) is 24.2. The molecule has 47 heavy (non-hydrogen) atoms. The molecule has 2 aliphatic rings. The Morgan fingerprint density at radius 3 is 1.38 bits per heavy atom. The van der Waals surface area contributed by atoms with E-state index in [9.17, 15) is 0 Å². The van der Waals surface area contributed by atoms with Crippen LogP contribution in [0.4, 0.5) is 0 Å². The highest BCUT2D eigenvalue weighted by Crippen LogP contribution is 2.65. The van der Waals surface area contributed by atoms with Crippen molar-refractivity contribution in [3.63, 3.8) is 0 Å². The second-order valence-corrected chi connectivity index (χ2v) is 17.2. The number of benzene rings is 7. The van der Waals surface area contributed by atoms with Crippen LogP contribution in [0, 0.1) is 0 Å². The van der Waals surface area contributed by atoms with Gasteiger partial charge in [0.25, 0.3) is 0 Å². The monoisotopic (exact) mass is 650 g/mol. The smallest absolute Gasteiger partial charge is 0.0666 e. The molecule has 0 bridgehead atoms. The Balaban J connectivity index is 1.20. The van der Waals surface area contributed by atoms with Crippen LogP contribution in [0.3, 0.4) is 0 Å². The van der Waals surface area contributed by atoms with Gasteiger partial charge in [-0.25, -0.2) is 0 Å². The Bertz CT molecular complexity index is 3040. The van der Waals surface area contributed by atoms with Gasteiger partial charge >= 0.3 is 0 Å². The van der Waals surface area contributed by atoms with Crippen LogP contribution in [0.15, 0.2) is 142 Å². The SMILES string of the molecule is c1cc2c3c(c1)-n1c4cc5sc6ccccc6c5cc4c4cccc(c41)[SH]3c1cccc3c4cc5c(cc4n-2c13)sc1ccccc15. The lowest BCUT2D eigenvalue weighted by molar-refractivity contribution is 1.01. The summed E-state index contributed by atoms with van der Waals surface area (Å²) in [5.74, 6) is 0. The molecule has 218 valence electrons. The van der Waals surface area contributed by atoms with E-state index in [4.69, 9.17) is 0 Å². The fourth-order valence-electron chi connectivity index (χ4n) is 8.87. The first-order valence-electron chi connectivity index (χ1n) is 16.0. The molecule has 11 aromatic rings. The Hall–Kier alpha value is -5.07. The molecule has 0 fully saturated rings. The van der Waals surface area contributed by atoms with E-state index >= 15 is 0 Å². The molecule has 2 nitrogen and oxygen atoms in total. The molecule has 13 rings (SSSR count). The van der Waals surface area contributed by atoms with E-state index in [-0.39, 0.29) is 0 Å². The molecule has 2 aliphatic heterocycles. The van der Waals surface area contributed by atoms with Gasteiger partial charge < -0.3 is 9.13 Å². The van der Waals surface area contributed by atoms with Crippen LogP contribution in [-0.4, -0.2) is 9.13 Å². The van der Waals surface area contributed by atoms with Crippen LogP contribution >= 0.6 is 33.6 Å². The second kappa shape index (κ2) is 8.07. The van der Waals surface area contributed by atoms with Crippen LogP contribution in [0.1, 0.15) is 0 Å². The van der Waals surface area contributed by atoms with Crippen molar-refractivity contribution in [2.45, 2.75) is 14.7 Å². The third-order valence-corrected chi connectivity index (χ3v) is 15.6. The molecule has 6 heterocycles. The minimum atomic E-state index is -0.750. The third kappa shape index (κ3) is 2.72. The standard InChI is InChI=1S/C42H22N2S3/c1-3-14-34-22(8-1)28-18-26-24-10-5-16-38-40(24)43(32(26)20-36(28)45-34)30-12-7-13-31-42(30)47(38)39-17-6-11-25-27-19-29-23-9-2-4-15-35(23)46-37(29)21-33(27)44(31)41(25)39/h1-21,47H. The molecular formula is C42H22N2S3. The van der Waals surface area contributed by atoms with Crippen molar-refractivity contribution >= 4 is 118 Å². The number of hydrogen-bond acceptors (Lipinski definition) is 2. The number of nitrogens with zero attached hydrogens (tertiary/aromatic N) is 2. The maximum Gasteiger partial charge on any atom is 0.0666 e. The van der Waals surface area contributed by atoms with Gasteiger partial charge in [0.2, 0.25) is 0 Å². The summed E-state index contributed by atoms with van der Waals surface area (Å²) in [7, 11) is -0.750. The summed E-state index contributed by atoms with van der Waals surface area (Å²) < 4.78 is 10.6. The largest absolute Gasteiger partial charge is 0.307 e. The molecule has 0 radical (unpaired) electrons. The lowest BCUT2D eigenvalue weighted by Crippen LogP contribution is -2.13. The molecule has 0 saturated carbocycles. The normalized spacial score (nSPS) is 14.3. The van der Waals surface area contributed by atoms with Crippen LogP contribution in [0.25, 0.3) is 95.3 Å². The van der Waals surface area contributed by atoms with Crippen molar-refractivity contribution in [2.75, 3.05) is 0 Å². The fraction of sp³-hybridized carbons (Fsp3) is 0. The van der Waals surface area contributed by atoms with E-state index in [1.54, 1.807) is 0 Å². The molecule has 0 N–H and O–H groups in total. The quantitative estimate of drug-likeness (QED) is 0.157. The van der Waals surface area contributed by atoms with Gasteiger partial charge in [0.15, 0.2) is 0 Å². The van der Waals surface area contributed by atoms with Gasteiger partial charge in [-0.05, 0) is 60.7 Å². The van der Waals surface area contributed by atoms with E-state index < -0.39 is 10.9 Å². The number of para-hydroxylation sites is 2. The molecule has 5 heteroatoms. The predicted molar refractivity (Wildman–Crippen MR) is 205 cm³/mol. The summed E-state index contributed by atoms with van der Waals surface area (Å²) in [5, 5.41) is 10.9. The minimum Gasteiger partial charge on any atom is -0.307 e. The van der Waals surface area contributed by atoms with Gasteiger partial charge in [-0.3, -0.25) is 0 Å². The lowest BCUT2D eigenvalue weighted by atomic mass is 10.1. The molecular weight excluding hydrogens is 629 g/mol. The summed E-state index contributed by atoms with van der Waals surface area (Å²) in [5.41, 5.74) is 8.05. The second-order valence-electron chi connectivity index (χ2n) is 12.9. The van der Waals surface area contributed by atoms with Gasteiger partial charge in [0.1, 0.15) is 0 Å². The van der Waals surface area contributed by atoms with Crippen LogP contribution < -0.4 is 0 Å². The zero-order valence-electron chi connectivity index (χ0n) is 24.8. The first-order chi connectivity index (χ1) is 23.3. The van der Waals surface area contributed by atoms with E-state index in [2.05, 4.69) is 137 Å². The maximum atomic E-state index is 2.60. The van der Waals surface area contributed by atoms with Crippen molar-refractivity contribution in [1.29, 1.82) is 0 Å². The first-order valence-corrected chi connectivity index (χ1v) is 19.0. The number of fused-ring (bicyclic) bond motifs is 16. The van der Waals surface area contributed by atoms with Gasteiger partial charge in [-0.15, -0.1) is 22.7 Å². The zero-order valence-corrected chi connectivity index (χ0v) is 27.3. The lowest BCUT2D eigenvalue weighted by Gasteiger charge is -2.37. The molecule has 0 atom stereocenters. The fourth-order valence-corrected chi connectivity index (χ4v) is 14.0. The van der Waals surface area contributed by atoms with Gasteiger partial charge in [0.05, 0.1) is 33.4 Å².